The number of H-pyrrole nitrogens is 2. The number of carbonyl (C=O) groups is 3. The minimum Gasteiger partial charge on any atom is -0.444 e. The van der Waals surface area contributed by atoms with E-state index in [2.05, 4.69) is 70.1 Å². The molecule has 16 heteroatoms. The fourth-order valence-corrected chi connectivity index (χ4v) is 7.44. The number of nitrogens with two attached hydrogens (primary N) is 1. The number of hydrogen-bond acceptors (Lipinski definition) is 11. The Bertz CT molecular complexity index is 2750. The summed E-state index contributed by atoms with van der Waals surface area (Å²) in [6.45, 7) is 20.7. The number of carbonyl (C=O) groups excluding carboxylic acids is 3. The third kappa shape index (κ3) is 20.9. The number of aromatic nitrogens is 4. The van der Waals surface area contributed by atoms with E-state index in [0.717, 1.165) is 56.4 Å². The van der Waals surface area contributed by atoms with Crippen LogP contribution in [0.25, 0.3) is 22.1 Å². The molecular weight excluding hydrogens is 911 g/mol. The number of benzene rings is 3. The van der Waals surface area contributed by atoms with Crippen LogP contribution < -0.4 is 21.1 Å². The number of aryl methyl sites for hydroxylation is 3. The van der Waals surface area contributed by atoms with Gasteiger partial charge in [-0.1, -0.05) is 63.7 Å². The minimum atomic E-state index is -0.606. The Morgan fingerprint density at radius 2 is 1.36 bits per heavy atom. The van der Waals surface area contributed by atoms with Gasteiger partial charge in [-0.15, -0.1) is 0 Å². The second-order valence-electron chi connectivity index (χ2n) is 18.0. The third-order valence-electron chi connectivity index (χ3n) is 10.7. The van der Waals surface area contributed by atoms with Crippen LogP contribution in [-0.4, -0.2) is 72.0 Å². The van der Waals surface area contributed by atoms with E-state index in [0.29, 0.717) is 56.5 Å². The van der Waals surface area contributed by atoms with Gasteiger partial charge in [-0.2, -0.15) is 0 Å². The molecule has 4 aromatic heterocycles. The number of hydrogen-bond donors (Lipinski definition) is 5. The number of non-ortho nitro benzene ring substituents is 1. The van der Waals surface area contributed by atoms with E-state index in [4.69, 9.17) is 17.9 Å². The molecule has 7 aromatic rings. The summed E-state index contributed by atoms with van der Waals surface area (Å²) in [5, 5.41) is 18.0. The van der Waals surface area contributed by atoms with Crippen molar-refractivity contribution in [3.05, 3.63) is 160 Å². The van der Waals surface area contributed by atoms with Crippen molar-refractivity contribution in [3.8, 4) is 5.75 Å². The summed E-state index contributed by atoms with van der Waals surface area (Å²) in [5.74, 6) is 0.471. The summed E-state index contributed by atoms with van der Waals surface area (Å²) < 4.78 is 21.8. The first kappa shape index (κ1) is 57.2. The highest BCUT2D eigenvalue weighted by molar-refractivity contribution is 5.85. The number of pyridine rings is 2. The first-order chi connectivity index (χ1) is 35.3. The number of amides is 2. The molecule has 7 rings (SSSR count). The molecule has 0 aliphatic heterocycles. The quantitative estimate of drug-likeness (QED) is 0.0480. The van der Waals surface area contributed by atoms with E-state index in [1.54, 1.807) is 18.5 Å². The molecule has 0 fully saturated rings. The number of nitro benzene ring substituents is 1. The predicted octanol–water partition coefficient (Wildman–Crippen LogP) is 12.7. The number of aromatic amines is 2. The fraction of sp³-hybridized carbons (Fsp3) is 0.375. The van der Waals surface area contributed by atoms with Crippen LogP contribution in [0, 0.1) is 17.0 Å². The van der Waals surface area contributed by atoms with Crippen LogP contribution in [-0.2, 0) is 35.5 Å². The minimum absolute atomic E-state index is 0.0532. The average molecular weight is 990 g/mol. The van der Waals surface area contributed by atoms with Crippen LogP contribution in [0.1, 0.15) is 114 Å². The monoisotopic (exact) mass is 990 g/mol. The van der Waals surface area contributed by atoms with Crippen LogP contribution in [0.3, 0.4) is 0 Å². The van der Waals surface area contributed by atoms with E-state index in [-0.39, 0.29) is 17.2 Å². The predicted molar refractivity (Wildman–Crippen MR) is 291 cm³/mol. The van der Waals surface area contributed by atoms with Crippen LogP contribution in [0.2, 0.25) is 0 Å². The molecule has 388 valence electrons. The van der Waals surface area contributed by atoms with Crippen molar-refractivity contribution in [2.45, 2.75) is 134 Å². The van der Waals surface area contributed by atoms with E-state index >= 15 is 0 Å². The van der Waals surface area contributed by atoms with Crippen molar-refractivity contribution < 1.29 is 31.5 Å². The van der Waals surface area contributed by atoms with Gasteiger partial charge in [0.1, 0.15) is 28.4 Å². The van der Waals surface area contributed by atoms with E-state index in [9.17, 15) is 24.5 Å². The zero-order chi connectivity index (χ0) is 55.2. The van der Waals surface area contributed by atoms with Crippen molar-refractivity contribution in [3.63, 3.8) is 0 Å². The molecular formula is C56H77N9O7. The molecule has 0 spiro atoms. The summed E-state index contributed by atoms with van der Waals surface area (Å²) >= 11 is 0. The van der Waals surface area contributed by atoms with Gasteiger partial charge in [-0.05, 0) is 146 Å². The van der Waals surface area contributed by atoms with Crippen molar-refractivity contribution in [1.29, 1.82) is 0 Å². The summed E-state index contributed by atoms with van der Waals surface area (Å²) in [4.78, 5) is 62.9. The highest BCUT2D eigenvalue weighted by Gasteiger charge is 2.17. The van der Waals surface area contributed by atoms with Crippen molar-refractivity contribution in [2.75, 3.05) is 11.9 Å². The van der Waals surface area contributed by atoms with Gasteiger partial charge in [0.05, 0.1) is 4.92 Å². The fourth-order valence-electron chi connectivity index (χ4n) is 7.44. The van der Waals surface area contributed by atoms with Gasteiger partial charge in [-0.25, -0.2) is 19.6 Å². The standard InChI is InChI=1S/C23H27N3O3.C15H14N2O4.C8H9N3.C8H19N.2CH4/c1-23(2,3)29-22(28)26-18-6-4-5-16(15-18)7-9-19(27)10-8-17-11-13-24-21-20(17)12-14-25-21;1-11-3-2-4-12(9-11)10-16-15(18)21-14-7-5-13(6-8-14)17(19)20;9-5-6-1-3-10-8-7(6)2-4-11-8;1-6-9(7(2)3)8(4)5;;/h4-6,11-15H,7-10H2,1-3H3,(H,24,25)(H,26,28);2-9H,10H2,1H3,(H,16,18);1-4H,5,9H2,(H,10,11);7-8H,6H2,1-5H3;2*1H4/i;;;;2*1D. The molecule has 0 atom stereocenters. The Kier molecular flexibility index (Phi) is 24.1. The molecule has 0 aliphatic rings. The number of ether oxygens (including phenoxy) is 2. The first-order valence-electron chi connectivity index (χ1n) is 25.5. The summed E-state index contributed by atoms with van der Waals surface area (Å²) in [5.41, 5.74) is 12.7. The average Bonchev–Trinajstić information content (AvgIpc) is 4.07. The van der Waals surface area contributed by atoms with Crippen LogP contribution in [0.4, 0.5) is 21.0 Å². The second kappa shape index (κ2) is 30.3. The van der Waals surface area contributed by atoms with Gasteiger partial charge in [0, 0.05) is 94.1 Å². The van der Waals surface area contributed by atoms with E-state index in [1.165, 1.54) is 39.1 Å². The Balaban J connectivity index is 0.000000361. The summed E-state index contributed by atoms with van der Waals surface area (Å²) in [6, 6.07) is 29.8. The largest absolute Gasteiger partial charge is 0.444 e. The molecule has 2 amide bonds. The Morgan fingerprint density at radius 1 is 0.792 bits per heavy atom. The Hall–Kier alpha value is -7.43. The zero-order valence-electron chi connectivity index (χ0n) is 45.9. The maximum atomic E-state index is 12.4. The molecule has 0 bridgehead atoms. The number of Topliss-reactive ketones (excluding diaryl/α,β-unsaturated/α-hetero) is 1. The maximum Gasteiger partial charge on any atom is 0.412 e. The summed E-state index contributed by atoms with van der Waals surface area (Å²) in [7, 11) is 2.50. The highest BCUT2D eigenvalue weighted by atomic mass is 16.6. The lowest BCUT2D eigenvalue weighted by molar-refractivity contribution is -0.384. The number of nitro groups is 1. The molecule has 0 aliphatic carbocycles. The van der Waals surface area contributed by atoms with Gasteiger partial charge in [-0.3, -0.25) is 25.1 Å². The lowest BCUT2D eigenvalue weighted by Gasteiger charge is -2.28. The second-order valence-corrected chi connectivity index (χ2v) is 18.0. The Morgan fingerprint density at radius 3 is 1.90 bits per heavy atom. The normalized spacial score (nSPS) is 10.8. The highest BCUT2D eigenvalue weighted by Crippen LogP contribution is 2.20. The van der Waals surface area contributed by atoms with Crippen LogP contribution in [0.5, 0.6) is 5.75 Å². The lowest BCUT2D eigenvalue weighted by Crippen LogP contribution is -2.36. The van der Waals surface area contributed by atoms with Gasteiger partial charge in [0.15, 0.2) is 0 Å². The number of nitrogens with one attached hydrogen (secondary N) is 4. The molecule has 6 N–H and O–H groups in total. The Labute approximate surface area is 428 Å². The first-order valence-corrected chi connectivity index (χ1v) is 23.5. The molecule has 0 unspecified atom stereocenters. The van der Waals surface area contributed by atoms with Crippen molar-refractivity contribution >= 4 is 51.4 Å². The van der Waals surface area contributed by atoms with E-state index in [1.807, 2.05) is 107 Å². The summed E-state index contributed by atoms with van der Waals surface area (Å²) in [6.07, 6.45) is 8.48. The van der Waals surface area contributed by atoms with Crippen LogP contribution >= 0.6 is 0 Å². The van der Waals surface area contributed by atoms with Gasteiger partial charge in [0.25, 0.3) is 5.69 Å². The third-order valence-corrected chi connectivity index (χ3v) is 10.7. The number of anilines is 1. The molecule has 0 saturated carbocycles. The van der Waals surface area contributed by atoms with Crippen molar-refractivity contribution in [1.82, 2.24) is 30.2 Å². The smallest absolute Gasteiger partial charge is 0.412 e. The molecule has 72 heavy (non-hydrogen) atoms. The van der Waals surface area contributed by atoms with Crippen molar-refractivity contribution in [2.24, 2.45) is 5.73 Å². The van der Waals surface area contributed by atoms with E-state index < -0.39 is 22.7 Å². The van der Waals surface area contributed by atoms with Gasteiger partial charge < -0.3 is 30.5 Å². The SMILES string of the molecule is CC(C)(C)OC(=O)Nc1cccc(CCC(=O)CCc2ccnc3[nH]ccc23)c1.CCN(C(C)C)C(C)C.Cc1cccc(CNC(=O)Oc2ccc([N+](=O)[O-])cc2)c1.NCc1ccnc2[nH]ccc12.[2H]C.[2H]C. The lowest BCUT2D eigenvalue weighted by atomic mass is 10.0. The number of fused-ring (bicyclic) bond motifs is 2. The molecule has 16 nitrogen and oxygen atoms in total. The zero-order valence-corrected chi connectivity index (χ0v) is 43.9. The number of rotatable bonds is 15. The van der Waals surface area contributed by atoms with Crippen LogP contribution in [0.15, 0.2) is 122 Å². The molecule has 0 saturated heterocycles. The van der Waals surface area contributed by atoms with Gasteiger partial charge >= 0.3 is 12.2 Å². The van der Waals surface area contributed by atoms with Gasteiger partial charge in [0.2, 0.25) is 0 Å². The molecule has 3 aromatic carbocycles. The number of ketones is 1. The molecule has 0 radical (unpaired) electrons. The maximum absolute atomic E-state index is 12.4. The number of nitrogens with zero attached hydrogens (tertiary/aromatic N) is 4. The topological polar surface area (TPSA) is 223 Å². The molecule has 4 heterocycles.